The van der Waals surface area contributed by atoms with Crippen LogP contribution in [0.25, 0.3) is 0 Å². The number of nitriles is 1. The van der Waals surface area contributed by atoms with Gasteiger partial charge in [-0.25, -0.2) is 0 Å². The van der Waals surface area contributed by atoms with E-state index in [2.05, 4.69) is 23.2 Å². The number of nitrogens with zero attached hydrogens (tertiary/aromatic N) is 2. The molecular formula is C23H25N3O. The molecule has 1 fully saturated rings. The Bertz CT molecular complexity index is 776. The molecule has 138 valence electrons. The van der Waals surface area contributed by atoms with Crippen molar-refractivity contribution in [2.75, 3.05) is 13.1 Å². The number of carbonyl (C=O) groups is 1. The van der Waals surface area contributed by atoms with Gasteiger partial charge >= 0.3 is 0 Å². The number of nitrogens with one attached hydrogen (secondary N) is 1. The number of likely N-dealkylation sites (tertiary alicyclic amines) is 1. The molecule has 1 heterocycles. The second-order valence-corrected chi connectivity index (χ2v) is 7.10. The summed E-state index contributed by atoms with van der Waals surface area (Å²) in [5.74, 6) is 0.364. The van der Waals surface area contributed by atoms with E-state index in [1.165, 1.54) is 0 Å². The van der Waals surface area contributed by atoms with Crippen LogP contribution in [0.3, 0.4) is 0 Å². The smallest absolute Gasteiger partial charge is 0.264 e. The zero-order valence-corrected chi connectivity index (χ0v) is 15.6. The molecule has 3 rings (SSSR count). The molecule has 0 aromatic heterocycles. The van der Waals surface area contributed by atoms with Crippen LogP contribution in [0.1, 0.15) is 36.9 Å². The van der Waals surface area contributed by atoms with Crippen LogP contribution in [0.2, 0.25) is 0 Å². The molecule has 4 nitrogen and oxygen atoms in total. The topological polar surface area (TPSA) is 56.1 Å². The van der Waals surface area contributed by atoms with Gasteiger partial charge in [-0.1, -0.05) is 67.6 Å². The zero-order chi connectivity index (χ0) is 19.1. The average molecular weight is 359 g/mol. The van der Waals surface area contributed by atoms with E-state index in [1.54, 1.807) is 6.20 Å². The molecule has 27 heavy (non-hydrogen) atoms. The van der Waals surface area contributed by atoms with E-state index < -0.39 is 0 Å². The van der Waals surface area contributed by atoms with Gasteiger partial charge in [0.15, 0.2) is 0 Å². The lowest BCUT2D eigenvalue weighted by molar-refractivity contribution is -0.117. The van der Waals surface area contributed by atoms with Crippen LogP contribution < -0.4 is 5.32 Å². The van der Waals surface area contributed by atoms with Crippen molar-refractivity contribution < 1.29 is 4.79 Å². The van der Waals surface area contributed by atoms with Crippen molar-refractivity contribution in [3.05, 3.63) is 83.6 Å². The fourth-order valence-electron chi connectivity index (χ4n) is 3.34. The summed E-state index contributed by atoms with van der Waals surface area (Å²) in [5.41, 5.74) is 2.13. The molecular weight excluding hydrogens is 334 g/mol. The van der Waals surface area contributed by atoms with Crippen LogP contribution in [-0.4, -0.2) is 23.9 Å². The lowest BCUT2D eigenvalue weighted by Gasteiger charge is -2.29. The number of hydrogen-bond acceptors (Lipinski definition) is 3. The molecule has 2 aromatic carbocycles. The van der Waals surface area contributed by atoms with Crippen molar-refractivity contribution in [3.8, 4) is 6.07 Å². The third kappa shape index (κ3) is 4.98. The Balaban J connectivity index is 1.80. The summed E-state index contributed by atoms with van der Waals surface area (Å²) in [6.45, 7) is 4.02. The van der Waals surface area contributed by atoms with Gasteiger partial charge in [0.05, 0.1) is 6.04 Å². The minimum absolute atomic E-state index is 0.154. The molecule has 0 bridgehead atoms. The average Bonchev–Trinajstić information content (AvgIpc) is 2.72. The van der Waals surface area contributed by atoms with E-state index in [4.69, 9.17) is 0 Å². The first-order valence-electron chi connectivity index (χ1n) is 9.44. The third-order valence-corrected chi connectivity index (χ3v) is 5.04. The summed E-state index contributed by atoms with van der Waals surface area (Å²) < 4.78 is 0. The lowest BCUT2D eigenvalue weighted by atomic mass is 9.98. The third-order valence-electron chi connectivity index (χ3n) is 5.04. The van der Waals surface area contributed by atoms with Crippen LogP contribution in [0.5, 0.6) is 0 Å². The van der Waals surface area contributed by atoms with Crippen LogP contribution in [0, 0.1) is 17.2 Å². The van der Waals surface area contributed by atoms with Gasteiger partial charge in [0.25, 0.3) is 5.91 Å². The predicted molar refractivity (Wildman–Crippen MR) is 107 cm³/mol. The second kappa shape index (κ2) is 9.05. The van der Waals surface area contributed by atoms with Crippen LogP contribution in [0.15, 0.2) is 72.4 Å². The van der Waals surface area contributed by atoms with E-state index in [1.807, 2.05) is 60.7 Å². The highest BCUT2D eigenvalue weighted by Crippen LogP contribution is 2.22. The van der Waals surface area contributed by atoms with Gasteiger partial charge in [-0.05, 0) is 29.9 Å². The molecule has 4 heteroatoms. The number of hydrogen-bond donors (Lipinski definition) is 1. The maximum absolute atomic E-state index is 12.8. The second-order valence-electron chi connectivity index (χ2n) is 7.10. The van der Waals surface area contributed by atoms with Crippen molar-refractivity contribution in [2.24, 2.45) is 5.92 Å². The van der Waals surface area contributed by atoms with Gasteiger partial charge in [-0.15, -0.1) is 0 Å². The van der Waals surface area contributed by atoms with Gasteiger partial charge in [0.1, 0.15) is 11.6 Å². The quantitative estimate of drug-likeness (QED) is 0.648. The zero-order valence-electron chi connectivity index (χ0n) is 15.6. The fraction of sp³-hybridized carbons (Fsp3) is 0.304. The molecule has 2 aromatic rings. The lowest BCUT2D eigenvalue weighted by Crippen LogP contribution is -2.33. The standard InChI is InChI=1S/C23H25N3O/c1-18-12-14-26(15-13-18)17-21(16-24)23(27)25-22(19-8-4-2-5-9-19)20-10-6-3-7-11-20/h2-11,17-18,22H,12-15H2,1H3,(H,25,27)/b21-17-. The molecule has 1 saturated heterocycles. The van der Waals surface area contributed by atoms with Gasteiger partial charge in [-0.3, -0.25) is 4.79 Å². The molecule has 1 aliphatic rings. The number of benzene rings is 2. The van der Waals surface area contributed by atoms with E-state index in [9.17, 15) is 10.1 Å². The normalized spacial score (nSPS) is 15.4. The first-order valence-corrected chi connectivity index (χ1v) is 9.44. The van der Waals surface area contributed by atoms with Gasteiger partial charge in [0.2, 0.25) is 0 Å². The molecule has 1 amide bonds. The summed E-state index contributed by atoms with van der Waals surface area (Å²) in [6, 6.07) is 21.4. The van der Waals surface area contributed by atoms with Crippen molar-refractivity contribution in [2.45, 2.75) is 25.8 Å². The van der Waals surface area contributed by atoms with Crippen LogP contribution >= 0.6 is 0 Å². The summed E-state index contributed by atoms with van der Waals surface area (Å²) in [6.07, 6.45) is 3.90. The molecule has 1 aliphatic heterocycles. The Morgan fingerprint density at radius 3 is 2.07 bits per heavy atom. The molecule has 0 atom stereocenters. The first-order chi connectivity index (χ1) is 13.2. The number of carbonyl (C=O) groups excluding carboxylic acids is 1. The van der Waals surface area contributed by atoms with Gasteiger partial charge in [-0.2, -0.15) is 5.26 Å². The van der Waals surface area contributed by atoms with E-state index in [-0.39, 0.29) is 17.5 Å². The van der Waals surface area contributed by atoms with Crippen LogP contribution in [0.4, 0.5) is 0 Å². The van der Waals surface area contributed by atoms with Crippen molar-refractivity contribution in [3.63, 3.8) is 0 Å². The minimum atomic E-state index is -0.339. The van der Waals surface area contributed by atoms with Gasteiger partial charge < -0.3 is 10.2 Å². The Morgan fingerprint density at radius 2 is 1.59 bits per heavy atom. The van der Waals surface area contributed by atoms with E-state index in [0.29, 0.717) is 5.92 Å². The molecule has 1 N–H and O–H groups in total. The molecule has 0 radical (unpaired) electrons. The van der Waals surface area contributed by atoms with E-state index in [0.717, 1.165) is 37.1 Å². The summed E-state index contributed by atoms with van der Waals surface area (Å²) in [5, 5.41) is 12.6. The number of amides is 1. The molecule has 0 saturated carbocycles. The molecule has 0 aliphatic carbocycles. The maximum Gasteiger partial charge on any atom is 0.264 e. The number of piperidine rings is 1. The predicted octanol–water partition coefficient (Wildman–Crippen LogP) is 4.03. The Hall–Kier alpha value is -3.06. The van der Waals surface area contributed by atoms with E-state index >= 15 is 0 Å². The van der Waals surface area contributed by atoms with Crippen molar-refractivity contribution in [1.82, 2.24) is 10.2 Å². The highest BCUT2D eigenvalue weighted by atomic mass is 16.1. The number of rotatable bonds is 5. The monoisotopic (exact) mass is 359 g/mol. The summed E-state index contributed by atoms with van der Waals surface area (Å²) in [4.78, 5) is 14.9. The Kier molecular flexibility index (Phi) is 6.27. The fourth-order valence-corrected chi connectivity index (χ4v) is 3.34. The SMILES string of the molecule is CC1CCN(/C=C(/C#N)C(=O)NC(c2ccccc2)c2ccccc2)CC1. The van der Waals surface area contributed by atoms with Crippen molar-refractivity contribution >= 4 is 5.91 Å². The Labute approximate surface area is 161 Å². The highest BCUT2D eigenvalue weighted by Gasteiger charge is 2.21. The largest absolute Gasteiger partial charge is 0.376 e. The van der Waals surface area contributed by atoms with Crippen molar-refractivity contribution in [1.29, 1.82) is 5.26 Å². The minimum Gasteiger partial charge on any atom is -0.376 e. The van der Waals surface area contributed by atoms with Gasteiger partial charge in [0, 0.05) is 19.3 Å². The summed E-state index contributed by atoms with van der Waals surface area (Å²) >= 11 is 0. The highest BCUT2D eigenvalue weighted by molar-refractivity contribution is 5.97. The summed E-state index contributed by atoms with van der Waals surface area (Å²) in [7, 11) is 0. The Morgan fingerprint density at radius 1 is 1.07 bits per heavy atom. The molecule has 0 spiro atoms. The first kappa shape index (κ1) is 18.7. The maximum atomic E-state index is 12.8. The van der Waals surface area contributed by atoms with Crippen LogP contribution in [-0.2, 0) is 4.79 Å². The molecule has 0 unspecified atom stereocenters.